The summed E-state index contributed by atoms with van der Waals surface area (Å²) >= 11 is -2.71. The largest absolute Gasteiger partial charge is 0.755 e. The van der Waals surface area contributed by atoms with E-state index in [2.05, 4.69) is 10.2 Å². The Hall–Kier alpha value is -1.81. The van der Waals surface area contributed by atoms with Gasteiger partial charge in [0.2, 0.25) is 0 Å². The van der Waals surface area contributed by atoms with E-state index in [-0.39, 0.29) is 18.9 Å². The Balaban J connectivity index is 4.44. The second-order valence-corrected chi connectivity index (χ2v) is 3.12. The van der Waals surface area contributed by atoms with Gasteiger partial charge in [0.15, 0.2) is 5.96 Å². The van der Waals surface area contributed by atoms with Crippen LogP contribution < -0.4 is 16.2 Å². The van der Waals surface area contributed by atoms with Gasteiger partial charge in [-0.1, -0.05) is 6.08 Å². The number of guanidine groups is 1. The molecule has 5 N–H and O–H groups in total. The molecular formula is C6H10N5O4S-. The Labute approximate surface area is 93.4 Å². The van der Waals surface area contributed by atoms with Crippen LogP contribution in [0.1, 0.15) is 6.42 Å². The lowest BCUT2D eigenvalue weighted by molar-refractivity contribution is -0.114. The summed E-state index contributed by atoms with van der Waals surface area (Å²) in [7, 11) is 0. The van der Waals surface area contributed by atoms with Crippen molar-refractivity contribution >= 4 is 23.1 Å². The molecule has 0 aliphatic heterocycles. The summed E-state index contributed by atoms with van der Waals surface area (Å²) in [6.45, 7) is 0.158. The molecule has 16 heavy (non-hydrogen) atoms. The summed E-state index contributed by atoms with van der Waals surface area (Å²) in [5.74, 6) is -1.34. The average molecular weight is 248 g/mol. The van der Waals surface area contributed by atoms with Crippen molar-refractivity contribution in [2.45, 2.75) is 6.42 Å². The van der Waals surface area contributed by atoms with Crippen molar-refractivity contribution in [2.75, 3.05) is 6.54 Å². The molecule has 0 spiro atoms. The van der Waals surface area contributed by atoms with E-state index in [9.17, 15) is 18.5 Å². The molecule has 0 aromatic carbocycles. The Morgan fingerprint density at radius 3 is 2.56 bits per heavy atom. The molecule has 0 bridgehead atoms. The van der Waals surface area contributed by atoms with E-state index >= 15 is 0 Å². The maximum Gasteiger partial charge on any atom is 0.333 e. The molecule has 90 valence electrons. The average Bonchev–Trinajstić information content (AvgIpc) is 2.20. The number of nitrogens with one attached hydrogen (secondary N) is 1. The minimum atomic E-state index is -2.71. The first-order valence-electron chi connectivity index (χ1n) is 3.96. The molecule has 0 aliphatic carbocycles. The summed E-state index contributed by atoms with van der Waals surface area (Å²) in [4.78, 5) is 24.3. The number of nitrogens with zero attached hydrogens (tertiary/aromatic N) is 2. The first-order chi connectivity index (χ1) is 7.47. The second kappa shape index (κ2) is 7.48. The third-order valence-electron chi connectivity index (χ3n) is 1.28. The Morgan fingerprint density at radius 2 is 2.12 bits per heavy atom. The number of hydrogen-bond acceptors (Lipinski definition) is 5. The van der Waals surface area contributed by atoms with Crippen molar-refractivity contribution < 1.29 is 13.6 Å². The number of carbonyl (C=O) groups excluding carboxylic acids is 1. The summed E-state index contributed by atoms with van der Waals surface area (Å²) in [6, 6.07) is 0. The van der Waals surface area contributed by atoms with Crippen LogP contribution in [0.3, 0.4) is 0 Å². The van der Waals surface area contributed by atoms with Crippen molar-refractivity contribution in [3.8, 4) is 0 Å². The first kappa shape index (κ1) is 14.2. The standard InChI is InChI=1S/C6H11N5O4S/c7-6(8)9-3-1-2-4(5(12)10-13)11-16(14)15/h2,11H,1,3H2,(H,14,15)(H4,7,8,9)/p-1. The maximum absolute atomic E-state index is 10.8. The van der Waals surface area contributed by atoms with Crippen LogP contribution in [0.25, 0.3) is 0 Å². The van der Waals surface area contributed by atoms with Gasteiger partial charge in [0.1, 0.15) is 5.70 Å². The number of hydrogen-bond donors (Lipinski definition) is 3. The summed E-state index contributed by atoms with van der Waals surface area (Å²) in [6.07, 6.45) is 1.34. The number of amides is 1. The van der Waals surface area contributed by atoms with E-state index in [1.165, 1.54) is 0 Å². The fourth-order valence-electron chi connectivity index (χ4n) is 0.714. The van der Waals surface area contributed by atoms with Crippen LogP contribution in [0.2, 0.25) is 0 Å². The molecule has 1 unspecified atom stereocenters. The molecule has 1 atom stereocenters. The lowest BCUT2D eigenvalue weighted by Gasteiger charge is -2.08. The zero-order chi connectivity index (χ0) is 12.6. The molecule has 0 radical (unpaired) electrons. The lowest BCUT2D eigenvalue weighted by Crippen LogP contribution is -2.23. The Kier molecular flexibility index (Phi) is 6.63. The molecule has 0 saturated carbocycles. The third kappa shape index (κ3) is 6.62. The van der Waals surface area contributed by atoms with Crippen molar-refractivity contribution in [3.63, 3.8) is 0 Å². The fraction of sp³-hybridized carbons (Fsp3) is 0.333. The van der Waals surface area contributed by atoms with Crippen molar-refractivity contribution in [2.24, 2.45) is 21.6 Å². The normalized spacial score (nSPS) is 12.7. The van der Waals surface area contributed by atoms with Gasteiger partial charge in [-0.2, -0.15) is 0 Å². The fourth-order valence-corrected chi connectivity index (χ4v) is 1.06. The predicted molar refractivity (Wildman–Crippen MR) is 56.2 cm³/mol. The topological polar surface area (TPSA) is 163 Å². The molecule has 0 aliphatic rings. The van der Waals surface area contributed by atoms with Gasteiger partial charge in [-0.3, -0.25) is 14.0 Å². The molecule has 0 fully saturated rings. The zero-order valence-corrected chi connectivity index (χ0v) is 8.90. The lowest BCUT2D eigenvalue weighted by atomic mass is 10.3. The van der Waals surface area contributed by atoms with E-state index in [0.717, 1.165) is 6.08 Å². The van der Waals surface area contributed by atoms with Gasteiger partial charge in [-0.25, -0.2) is 0 Å². The Bertz CT molecular complexity index is 349. The van der Waals surface area contributed by atoms with Gasteiger partial charge in [0, 0.05) is 23.0 Å². The first-order valence-corrected chi connectivity index (χ1v) is 5.04. The summed E-state index contributed by atoms with van der Waals surface area (Å²) < 4.78 is 22.3. The van der Waals surface area contributed by atoms with E-state index in [1.807, 2.05) is 0 Å². The minimum Gasteiger partial charge on any atom is -0.755 e. The highest BCUT2D eigenvalue weighted by atomic mass is 32.2. The van der Waals surface area contributed by atoms with Crippen LogP contribution in [0.4, 0.5) is 0 Å². The SMILES string of the molecule is NC(N)=NCCC=C(NS(=O)[O-])C(=O)N=O. The molecule has 0 heterocycles. The summed E-state index contributed by atoms with van der Waals surface area (Å²) in [5, 5.41) is 2.08. The van der Waals surface area contributed by atoms with Gasteiger partial charge in [0.25, 0.3) is 0 Å². The van der Waals surface area contributed by atoms with Crippen LogP contribution >= 0.6 is 0 Å². The maximum atomic E-state index is 10.8. The predicted octanol–water partition coefficient (Wildman–Crippen LogP) is -1.79. The molecule has 1 amide bonds. The van der Waals surface area contributed by atoms with E-state index < -0.39 is 22.9 Å². The number of rotatable bonds is 6. The van der Waals surface area contributed by atoms with E-state index in [1.54, 1.807) is 4.72 Å². The number of nitrogens with two attached hydrogens (primary N) is 2. The van der Waals surface area contributed by atoms with Gasteiger partial charge in [-0.15, -0.1) is 4.91 Å². The molecule has 0 aromatic rings. The van der Waals surface area contributed by atoms with Crippen molar-refractivity contribution in [1.82, 2.24) is 4.72 Å². The highest BCUT2D eigenvalue weighted by Gasteiger charge is 2.08. The van der Waals surface area contributed by atoms with Gasteiger partial charge in [0.05, 0.1) is 0 Å². The van der Waals surface area contributed by atoms with Crippen molar-refractivity contribution in [3.05, 3.63) is 16.7 Å². The molecule has 10 heteroatoms. The number of aliphatic imine (C=N–C) groups is 1. The van der Waals surface area contributed by atoms with Crippen LogP contribution in [0.5, 0.6) is 0 Å². The van der Waals surface area contributed by atoms with Crippen LogP contribution in [0, 0.1) is 4.91 Å². The molecule has 0 saturated heterocycles. The number of nitroso groups, excluding NO2 is 1. The second-order valence-electron chi connectivity index (χ2n) is 2.45. The van der Waals surface area contributed by atoms with E-state index in [4.69, 9.17) is 11.5 Å². The number of carbonyl (C=O) groups is 1. The highest BCUT2D eigenvalue weighted by molar-refractivity contribution is 7.77. The van der Waals surface area contributed by atoms with E-state index in [0.29, 0.717) is 0 Å². The van der Waals surface area contributed by atoms with Gasteiger partial charge < -0.3 is 20.7 Å². The van der Waals surface area contributed by atoms with Crippen LogP contribution in [0.15, 0.2) is 21.9 Å². The monoisotopic (exact) mass is 248 g/mol. The summed E-state index contributed by atoms with van der Waals surface area (Å²) in [5.41, 5.74) is 9.63. The molecule has 9 nitrogen and oxygen atoms in total. The third-order valence-corrected chi connectivity index (χ3v) is 1.67. The minimum absolute atomic E-state index is 0.129. The molecular weight excluding hydrogens is 238 g/mol. The quantitative estimate of drug-likeness (QED) is 0.125. The smallest absolute Gasteiger partial charge is 0.333 e. The van der Waals surface area contributed by atoms with Gasteiger partial charge >= 0.3 is 5.91 Å². The molecule has 0 rings (SSSR count). The van der Waals surface area contributed by atoms with Crippen LogP contribution in [-0.2, 0) is 16.1 Å². The Morgan fingerprint density at radius 1 is 1.50 bits per heavy atom. The van der Waals surface area contributed by atoms with Crippen LogP contribution in [-0.4, -0.2) is 27.2 Å². The van der Waals surface area contributed by atoms with Crippen molar-refractivity contribution in [1.29, 1.82) is 0 Å². The molecule has 0 aromatic heterocycles. The zero-order valence-electron chi connectivity index (χ0n) is 8.08. The highest BCUT2D eigenvalue weighted by Crippen LogP contribution is 1.97. The van der Waals surface area contributed by atoms with Gasteiger partial charge in [-0.05, 0) is 6.42 Å².